The van der Waals surface area contributed by atoms with Gasteiger partial charge in [-0.15, -0.1) is 0 Å². The van der Waals surface area contributed by atoms with E-state index in [0.29, 0.717) is 6.07 Å². The van der Waals surface area contributed by atoms with Gasteiger partial charge >= 0.3 is 5.51 Å². The molecule has 0 N–H and O–H groups in total. The molecule has 2 nitrogen and oxygen atoms in total. The highest BCUT2D eigenvalue weighted by molar-refractivity contribution is 7.92. The van der Waals surface area contributed by atoms with Crippen molar-refractivity contribution in [3.8, 4) is 11.1 Å². The van der Waals surface area contributed by atoms with E-state index in [0.717, 1.165) is 18.2 Å². The second-order valence-electron chi connectivity index (χ2n) is 4.22. The fourth-order valence-corrected chi connectivity index (χ4v) is 3.47. The summed E-state index contributed by atoms with van der Waals surface area (Å²) in [4.78, 5) is -1.46. The molecule has 0 bridgehead atoms. The van der Waals surface area contributed by atoms with Crippen molar-refractivity contribution < 1.29 is 30.4 Å². The summed E-state index contributed by atoms with van der Waals surface area (Å²) in [5.41, 5.74) is -7.73. The van der Waals surface area contributed by atoms with Crippen molar-refractivity contribution in [1.29, 1.82) is 0 Å². The molecule has 0 amide bonds. The van der Waals surface area contributed by atoms with Crippen LogP contribution in [0.4, 0.5) is 22.0 Å². The quantitative estimate of drug-likeness (QED) is 0.674. The molecule has 0 spiro atoms. The zero-order valence-corrected chi connectivity index (χ0v) is 13.0. The Morgan fingerprint density at radius 1 is 1.00 bits per heavy atom. The summed E-state index contributed by atoms with van der Waals surface area (Å²) in [5, 5.41) is -1.32. The van der Waals surface area contributed by atoms with Gasteiger partial charge in [0.05, 0.1) is 20.5 Å². The van der Waals surface area contributed by atoms with Crippen molar-refractivity contribution in [2.24, 2.45) is 0 Å². The molecule has 0 heterocycles. The van der Waals surface area contributed by atoms with Crippen LogP contribution in [0.5, 0.6) is 0 Å². The number of rotatable bonds is 2. The maximum absolute atomic E-state index is 13.9. The van der Waals surface area contributed by atoms with E-state index in [4.69, 9.17) is 23.2 Å². The Morgan fingerprint density at radius 2 is 1.52 bits per heavy atom. The largest absolute Gasteiger partial charge is 0.501 e. The van der Waals surface area contributed by atoms with Crippen molar-refractivity contribution in [1.82, 2.24) is 0 Å². The number of hydrogen-bond acceptors (Lipinski definition) is 2. The fourth-order valence-electron chi connectivity index (χ4n) is 1.81. The summed E-state index contributed by atoms with van der Waals surface area (Å²) in [6.45, 7) is 0. The van der Waals surface area contributed by atoms with Crippen LogP contribution in [-0.4, -0.2) is 13.9 Å². The first-order valence-corrected chi connectivity index (χ1v) is 7.87. The minimum absolute atomic E-state index is 0.386. The summed E-state index contributed by atoms with van der Waals surface area (Å²) in [6.07, 6.45) is 0. The Morgan fingerprint density at radius 3 is 2.00 bits per heavy atom. The Hall–Kier alpha value is -1.38. The summed E-state index contributed by atoms with van der Waals surface area (Å²) in [5.74, 6) is -2.58. The van der Waals surface area contributed by atoms with Crippen LogP contribution < -0.4 is 0 Å². The van der Waals surface area contributed by atoms with Gasteiger partial charge in [-0.1, -0.05) is 29.3 Å². The lowest BCUT2D eigenvalue weighted by Gasteiger charge is -2.15. The van der Waals surface area contributed by atoms with Crippen LogP contribution in [0.1, 0.15) is 0 Å². The summed E-state index contributed by atoms with van der Waals surface area (Å²) < 4.78 is 89.5. The van der Waals surface area contributed by atoms with Gasteiger partial charge in [-0.25, -0.2) is 17.2 Å². The highest BCUT2D eigenvalue weighted by atomic mass is 35.5. The molecule has 0 saturated carbocycles. The van der Waals surface area contributed by atoms with Crippen LogP contribution in [0, 0.1) is 17.7 Å². The molecule has 0 atom stereocenters. The summed E-state index contributed by atoms with van der Waals surface area (Å²) in [7, 11) is -5.96. The number of benzene rings is 2. The number of alkyl halides is 3. The fraction of sp³-hybridized carbons (Fsp3) is 0.0769. The minimum Gasteiger partial charge on any atom is -0.214 e. The Bertz CT molecular complexity index is 858. The maximum Gasteiger partial charge on any atom is 0.501 e. The molecule has 23 heavy (non-hydrogen) atoms. The average molecular weight is 390 g/mol. The van der Waals surface area contributed by atoms with Crippen LogP contribution in [-0.2, 0) is 9.84 Å². The molecule has 0 unspecified atom stereocenters. The Kier molecular flexibility index (Phi) is 4.62. The zero-order valence-electron chi connectivity index (χ0n) is 10.7. The number of sulfone groups is 1. The Labute approximate surface area is 137 Å². The van der Waals surface area contributed by atoms with Gasteiger partial charge in [0.1, 0.15) is 11.6 Å². The molecule has 0 aromatic heterocycles. The van der Waals surface area contributed by atoms with E-state index in [1.165, 1.54) is 0 Å². The standard InChI is InChI=1S/C13H4Cl2F5O2S/c14-6-4-7(15)11(12-8(16)2-1-3-9(12)17)10(5-6)23(21,22)13(18,19)20/h1-3,5H. The first kappa shape index (κ1) is 18.0. The lowest BCUT2D eigenvalue weighted by Crippen LogP contribution is -2.24. The van der Waals surface area contributed by atoms with Crippen LogP contribution in [0.2, 0.25) is 10.0 Å². The SMILES string of the molecule is O=S(=O)(c1cc(Cl)[c]c(Cl)c1-c1c(F)cccc1F)C(F)(F)F. The molecule has 1 radical (unpaired) electrons. The molecule has 2 rings (SSSR count). The summed E-state index contributed by atoms with van der Waals surface area (Å²) in [6, 6.07) is 4.95. The zero-order chi connectivity index (χ0) is 17.6. The van der Waals surface area contributed by atoms with Gasteiger partial charge in [0.15, 0.2) is 0 Å². The van der Waals surface area contributed by atoms with Gasteiger partial charge in [0.25, 0.3) is 9.84 Å². The van der Waals surface area contributed by atoms with Gasteiger partial charge in [-0.3, -0.25) is 0 Å². The molecule has 2 aromatic rings. The molecular weight excluding hydrogens is 386 g/mol. The van der Waals surface area contributed by atoms with E-state index in [2.05, 4.69) is 6.07 Å². The molecule has 0 aliphatic heterocycles. The first-order chi connectivity index (χ1) is 10.5. The molecule has 0 aliphatic rings. The predicted molar refractivity (Wildman–Crippen MR) is 73.9 cm³/mol. The molecule has 0 fully saturated rings. The third-order valence-corrected chi connectivity index (χ3v) is 4.76. The van der Waals surface area contributed by atoms with E-state index in [-0.39, 0.29) is 0 Å². The van der Waals surface area contributed by atoms with E-state index in [9.17, 15) is 30.4 Å². The molecular formula is C13H4Cl2F5O2S. The van der Waals surface area contributed by atoms with Gasteiger partial charge in [-0.05, 0) is 18.2 Å². The van der Waals surface area contributed by atoms with Crippen molar-refractivity contribution in [3.05, 3.63) is 52.0 Å². The van der Waals surface area contributed by atoms with Crippen LogP contribution in [0.25, 0.3) is 11.1 Å². The number of hydrogen-bond donors (Lipinski definition) is 0. The lowest BCUT2D eigenvalue weighted by atomic mass is 10.0. The van der Waals surface area contributed by atoms with Gasteiger partial charge in [-0.2, -0.15) is 13.2 Å². The van der Waals surface area contributed by atoms with Crippen molar-refractivity contribution in [2.75, 3.05) is 0 Å². The lowest BCUT2D eigenvalue weighted by molar-refractivity contribution is -0.0435. The predicted octanol–water partition coefficient (Wildman–Crippen LogP) is 5.03. The first-order valence-electron chi connectivity index (χ1n) is 5.64. The Balaban J connectivity index is 2.97. The molecule has 0 aliphatic carbocycles. The average Bonchev–Trinajstić information content (AvgIpc) is 2.38. The topological polar surface area (TPSA) is 34.1 Å². The maximum atomic E-state index is 13.9. The van der Waals surface area contributed by atoms with Crippen molar-refractivity contribution >= 4 is 33.0 Å². The van der Waals surface area contributed by atoms with Crippen molar-refractivity contribution in [2.45, 2.75) is 10.4 Å². The highest BCUT2D eigenvalue weighted by Crippen LogP contribution is 2.43. The molecule has 123 valence electrons. The van der Waals surface area contributed by atoms with Crippen LogP contribution in [0.15, 0.2) is 29.2 Å². The second kappa shape index (κ2) is 5.92. The van der Waals surface area contributed by atoms with E-state index in [1.54, 1.807) is 0 Å². The van der Waals surface area contributed by atoms with E-state index >= 15 is 0 Å². The third kappa shape index (κ3) is 3.15. The normalized spacial score (nSPS) is 12.5. The van der Waals surface area contributed by atoms with E-state index < -0.39 is 53.0 Å². The summed E-state index contributed by atoms with van der Waals surface area (Å²) >= 11 is 11.2. The smallest absolute Gasteiger partial charge is 0.214 e. The van der Waals surface area contributed by atoms with Crippen LogP contribution in [0.3, 0.4) is 0 Å². The number of halogens is 7. The highest BCUT2D eigenvalue weighted by Gasteiger charge is 2.48. The molecule has 10 heteroatoms. The minimum atomic E-state index is -5.96. The third-order valence-electron chi connectivity index (χ3n) is 2.76. The molecule has 2 aromatic carbocycles. The van der Waals surface area contributed by atoms with Gasteiger partial charge in [0, 0.05) is 11.6 Å². The molecule has 0 saturated heterocycles. The van der Waals surface area contributed by atoms with Gasteiger partial charge in [0.2, 0.25) is 0 Å². The monoisotopic (exact) mass is 389 g/mol. The second-order valence-corrected chi connectivity index (χ2v) is 6.91. The van der Waals surface area contributed by atoms with E-state index in [1.807, 2.05) is 0 Å². The van der Waals surface area contributed by atoms with Gasteiger partial charge < -0.3 is 0 Å². The van der Waals surface area contributed by atoms with Crippen molar-refractivity contribution in [3.63, 3.8) is 0 Å². The van der Waals surface area contributed by atoms with Crippen LogP contribution >= 0.6 is 23.2 Å².